The van der Waals surface area contributed by atoms with Gasteiger partial charge >= 0.3 is 5.69 Å². The fourth-order valence-electron chi connectivity index (χ4n) is 2.77. The molecule has 23 heavy (non-hydrogen) atoms. The lowest BCUT2D eigenvalue weighted by Crippen LogP contribution is -2.37. The van der Waals surface area contributed by atoms with Gasteiger partial charge in [0, 0.05) is 36.4 Å². The summed E-state index contributed by atoms with van der Waals surface area (Å²) in [6, 6.07) is 8.06. The van der Waals surface area contributed by atoms with Crippen LogP contribution in [-0.4, -0.2) is 21.1 Å². The van der Waals surface area contributed by atoms with Crippen molar-refractivity contribution >= 4 is 10.9 Å². The van der Waals surface area contributed by atoms with E-state index in [1.54, 1.807) is 0 Å². The summed E-state index contributed by atoms with van der Waals surface area (Å²) in [6.45, 7) is 2.66. The largest absolute Gasteiger partial charge is 0.361 e. The minimum absolute atomic E-state index is 0.129. The molecule has 6 heteroatoms. The standard InChI is InChI=1S/C17H20N4O2/c1-11(14-10-20-17(23)21(2)16(14)22)18-8-7-12-9-19-15-6-4-3-5-13(12)15/h3-6,9-11,18-19H,7-8H2,1-2H3,(H,20,23)/t11-/m0/s1. The topological polar surface area (TPSA) is 82.7 Å². The van der Waals surface area contributed by atoms with E-state index in [0.29, 0.717) is 5.56 Å². The molecule has 1 aromatic carbocycles. The second kappa shape index (κ2) is 6.26. The number of hydrogen-bond donors (Lipinski definition) is 3. The third-order valence-corrected chi connectivity index (χ3v) is 4.19. The van der Waals surface area contributed by atoms with Crippen LogP contribution in [0.2, 0.25) is 0 Å². The average Bonchev–Trinajstić information content (AvgIpc) is 2.96. The molecular formula is C17H20N4O2. The maximum Gasteiger partial charge on any atom is 0.328 e. The van der Waals surface area contributed by atoms with Gasteiger partial charge in [0.25, 0.3) is 5.56 Å². The highest BCUT2D eigenvalue weighted by Gasteiger charge is 2.12. The normalized spacial score (nSPS) is 12.6. The third-order valence-electron chi connectivity index (χ3n) is 4.19. The predicted octanol–water partition coefficient (Wildman–Crippen LogP) is 1.45. The van der Waals surface area contributed by atoms with Crippen LogP contribution in [0.1, 0.15) is 24.1 Å². The second-order valence-corrected chi connectivity index (χ2v) is 5.70. The molecule has 0 aliphatic rings. The van der Waals surface area contributed by atoms with E-state index in [2.05, 4.69) is 27.4 Å². The lowest BCUT2D eigenvalue weighted by molar-refractivity contribution is 0.561. The number of aromatic amines is 2. The third kappa shape index (κ3) is 2.98. The number of rotatable bonds is 5. The fraction of sp³-hybridized carbons (Fsp3) is 0.294. The van der Waals surface area contributed by atoms with Crippen molar-refractivity contribution < 1.29 is 0 Å². The van der Waals surface area contributed by atoms with Crippen LogP contribution in [0.25, 0.3) is 10.9 Å². The zero-order valence-electron chi connectivity index (χ0n) is 13.2. The summed E-state index contributed by atoms with van der Waals surface area (Å²) >= 11 is 0. The van der Waals surface area contributed by atoms with E-state index in [1.165, 1.54) is 24.2 Å². The molecular weight excluding hydrogens is 292 g/mol. The van der Waals surface area contributed by atoms with Crippen molar-refractivity contribution in [3.63, 3.8) is 0 Å². The predicted molar refractivity (Wildman–Crippen MR) is 90.7 cm³/mol. The first kappa shape index (κ1) is 15.3. The van der Waals surface area contributed by atoms with Crippen LogP contribution >= 0.6 is 0 Å². The highest BCUT2D eigenvalue weighted by molar-refractivity contribution is 5.83. The van der Waals surface area contributed by atoms with Gasteiger partial charge in [0.1, 0.15) is 0 Å². The molecule has 3 N–H and O–H groups in total. The number of benzene rings is 1. The molecule has 6 nitrogen and oxygen atoms in total. The van der Waals surface area contributed by atoms with E-state index in [4.69, 9.17) is 0 Å². The molecule has 0 fully saturated rings. The molecule has 2 heterocycles. The second-order valence-electron chi connectivity index (χ2n) is 5.70. The Bertz CT molecular complexity index is 935. The van der Waals surface area contributed by atoms with Gasteiger partial charge in [-0.2, -0.15) is 0 Å². The van der Waals surface area contributed by atoms with E-state index in [0.717, 1.165) is 23.0 Å². The number of nitrogens with one attached hydrogen (secondary N) is 3. The number of para-hydroxylation sites is 1. The molecule has 2 aromatic heterocycles. The van der Waals surface area contributed by atoms with Crippen LogP contribution in [0, 0.1) is 0 Å². The number of fused-ring (bicyclic) bond motifs is 1. The molecule has 0 spiro atoms. The highest BCUT2D eigenvalue weighted by Crippen LogP contribution is 2.18. The Labute approximate surface area is 133 Å². The highest BCUT2D eigenvalue weighted by atomic mass is 16.2. The fourth-order valence-corrected chi connectivity index (χ4v) is 2.77. The first-order chi connectivity index (χ1) is 11.1. The van der Waals surface area contributed by atoms with Crippen LogP contribution in [0.3, 0.4) is 0 Å². The van der Waals surface area contributed by atoms with Gasteiger partial charge in [-0.05, 0) is 31.5 Å². The maximum absolute atomic E-state index is 12.1. The molecule has 0 unspecified atom stereocenters. The number of aromatic nitrogens is 3. The maximum atomic E-state index is 12.1. The molecule has 0 saturated heterocycles. The summed E-state index contributed by atoms with van der Waals surface area (Å²) in [5, 5.41) is 4.56. The van der Waals surface area contributed by atoms with Gasteiger partial charge in [-0.15, -0.1) is 0 Å². The molecule has 0 amide bonds. The molecule has 0 bridgehead atoms. The molecule has 1 atom stereocenters. The van der Waals surface area contributed by atoms with Gasteiger partial charge in [-0.25, -0.2) is 4.79 Å². The minimum atomic E-state index is -0.398. The number of H-pyrrole nitrogens is 2. The van der Waals surface area contributed by atoms with Crippen LogP contribution in [-0.2, 0) is 13.5 Å². The Hall–Kier alpha value is -2.60. The number of hydrogen-bond acceptors (Lipinski definition) is 3. The Morgan fingerprint density at radius 3 is 2.78 bits per heavy atom. The van der Waals surface area contributed by atoms with Crippen LogP contribution in [0.15, 0.2) is 46.2 Å². The Kier molecular flexibility index (Phi) is 4.16. The van der Waals surface area contributed by atoms with Crippen LogP contribution < -0.4 is 16.6 Å². The van der Waals surface area contributed by atoms with Crippen molar-refractivity contribution in [2.75, 3.05) is 6.54 Å². The lowest BCUT2D eigenvalue weighted by atomic mass is 10.1. The SMILES string of the molecule is C[C@H](NCCc1c[nH]c2ccccc12)c1c[nH]c(=O)n(C)c1=O. The summed E-state index contributed by atoms with van der Waals surface area (Å²) < 4.78 is 1.09. The zero-order chi connectivity index (χ0) is 16.4. The van der Waals surface area contributed by atoms with Crippen molar-refractivity contribution in [2.45, 2.75) is 19.4 Å². The Morgan fingerprint density at radius 1 is 1.17 bits per heavy atom. The summed E-state index contributed by atoms with van der Waals surface area (Å²) in [5.41, 5.74) is 2.27. The van der Waals surface area contributed by atoms with Gasteiger partial charge in [0.15, 0.2) is 0 Å². The van der Waals surface area contributed by atoms with Crippen molar-refractivity contribution in [1.82, 2.24) is 19.9 Å². The minimum Gasteiger partial charge on any atom is -0.361 e. The molecule has 3 aromatic rings. The monoisotopic (exact) mass is 312 g/mol. The van der Waals surface area contributed by atoms with Gasteiger partial charge in [-0.1, -0.05) is 18.2 Å². The smallest absolute Gasteiger partial charge is 0.328 e. The van der Waals surface area contributed by atoms with Gasteiger partial charge in [-0.3, -0.25) is 9.36 Å². The van der Waals surface area contributed by atoms with E-state index in [-0.39, 0.29) is 11.6 Å². The number of nitrogens with zero attached hydrogens (tertiary/aromatic N) is 1. The molecule has 0 saturated carbocycles. The molecule has 120 valence electrons. The summed E-state index contributed by atoms with van der Waals surface area (Å²) in [7, 11) is 1.48. The lowest BCUT2D eigenvalue weighted by Gasteiger charge is -2.13. The van der Waals surface area contributed by atoms with Gasteiger partial charge < -0.3 is 15.3 Å². The van der Waals surface area contributed by atoms with E-state index in [1.807, 2.05) is 25.3 Å². The van der Waals surface area contributed by atoms with Gasteiger partial charge in [0.05, 0.1) is 5.56 Å². The zero-order valence-corrected chi connectivity index (χ0v) is 13.2. The average molecular weight is 312 g/mol. The van der Waals surface area contributed by atoms with Crippen molar-refractivity contribution in [3.05, 3.63) is 68.6 Å². The molecule has 0 aliphatic carbocycles. The van der Waals surface area contributed by atoms with E-state index in [9.17, 15) is 9.59 Å². The molecule has 0 radical (unpaired) electrons. The molecule has 0 aliphatic heterocycles. The molecule has 3 rings (SSSR count). The van der Waals surface area contributed by atoms with Crippen molar-refractivity contribution in [3.8, 4) is 0 Å². The Morgan fingerprint density at radius 2 is 1.96 bits per heavy atom. The van der Waals surface area contributed by atoms with E-state index < -0.39 is 5.69 Å². The Balaban J connectivity index is 1.68. The quantitative estimate of drug-likeness (QED) is 0.667. The van der Waals surface area contributed by atoms with Crippen LogP contribution in [0.4, 0.5) is 0 Å². The summed E-state index contributed by atoms with van der Waals surface area (Å²) in [5.74, 6) is 0. The first-order valence-electron chi connectivity index (χ1n) is 7.65. The van der Waals surface area contributed by atoms with Crippen molar-refractivity contribution in [2.24, 2.45) is 7.05 Å². The summed E-state index contributed by atoms with van der Waals surface area (Å²) in [4.78, 5) is 29.3. The van der Waals surface area contributed by atoms with Crippen molar-refractivity contribution in [1.29, 1.82) is 0 Å². The van der Waals surface area contributed by atoms with Crippen LogP contribution in [0.5, 0.6) is 0 Å². The first-order valence-corrected chi connectivity index (χ1v) is 7.65. The summed E-state index contributed by atoms with van der Waals surface area (Å²) in [6.07, 6.45) is 4.38. The van der Waals surface area contributed by atoms with E-state index >= 15 is 0 Å². The van der Waals surface area contributed by atoms with Gasteiger partial charge in [0.2, 0.25) is 0 Å².